The van der Waals surface area contributed by atoms with Gasteiger partial charge in [-0.15, -0.1) is 0 Å². The molecule has 3 heteroatoms. The van der Waals surface area contributed by atoms with Gasteiger partial charge in [0.1, 0.15) is 0 Å². The zero-order valence-electron chi connectivity index (χ0n) is 9.98. The van der Waals surface area contributed by atoms with E-state index < -0.39 is 5.91 Å². The summed E-state index contributed by atoms with van der Waals surface area (Å²) in [6.07, 6.45) is 0. The van der Waals surface area contributed by atoms with Crippen LogP contribution in [-0.4, -0.2) is 12.6 Å². The number of aryl methyl sites for hydroxylation is 1. The number of hydrogen-bond acceptors (Lipinski definition) is 1. The summed E-state index contributed by atoms with van der Waals surface area (Å²) >= 11 is 6.15. The summed E-state index contributed by atoms with van der Waals surface area (Å²) in [5.74, 6) is -0.392. The molecule has 0 N–H and O–H groups in total. The molecule has 0 fully saturated rings. The summed E-state index contributed by atoms with van der Waals surface area (Å²) in [7, 11) is 0. The lowest BCUT2D eigenvalue weighted by atomic mass is 9.99. The van der Waals surface area contributed by atoms with Gasteiger partial charge in [0.25, 0.3) is 5.91 Å². The molecule has 0 aliphatic heterocycles. The fourth-order valence-corrected chi connectivity index (χ4v) is 2.24. The van der Waals surface area contributed by atoms with E-state index in [9.17, 15) is 4.79 Å². The van der Waals surface area contributed by atoms with E-state index in [0.29, 0.717) is 10.6 Å². The molecule has 0 saturated heterocycles. The summed E-state index contributed by atoms with van der Waals surface area (Å²) in [4.78, 5) is 15.0. The van der Waals surface area contributed by atoms with Gasteiger partial charge in [-0.25, -0.2) is 4.99 Å². The van der Waals surface area contributed by atoms with Crippen LogP contribution in [0, 0.1) is 6.92 Å². The topological polar surface area (TPSA) is 29.4 Å². The molecule has 1 amide bonds. The summed E-state index contributed by atoms with van der Waals surface area (Å²) in [6, 6.07) is 13.6. The molecule has 0 aliphatic rings. The standard InChI is InChI=1S/C15H12ClNO/c1-10-8-12(11-6-4-3-5-7-11)9-13(16)14(10)15(18)17-2/h3-9H,2H2,1H3. The third kappa shape index (κ3) is 2.34. The summed E-state index contributed by atoms with van der Waals surface area (Å²) in [5.41, 5.74) is 3.27. The maximum Gasteiger partial charge on any atom is 0.278 e. The number of carbonyl (C=O) groups excluding carboxylic acids is 1. The smallest absolute Gasteiger partial charge is 0.267 e. The number of amides is 1. The molecule has 0 saturated carbocycles. The zero-order valence-corrected chi connectivity index (χ0v) is 10.7. The van der Waals surface area contributed by atoms with Crippen molar-refractivity contribution in [2.75, 3.05) is 0 Å². The Kier molecular flexibility index (Phi) is 3.58. The van der Waals surface area contributed by atoms with Gasteiger partial charge in [-0.1, -0.05) is 48.0 Å². The van der Waals surface area contributed by atoms with E-state index in [1.165, 1.54) is 0 Å². The molecule has 0 unspecified atom stereocenters. The minimum absolute atomic E-state index is 0.392. The molecule has 2 rings (SSSR count). The number of halogens is 1. The van der Waals surface area contributed by atoms with Gasteiger partial charge < -0.3 is 0 Å². The van der Waals surface area contributed by atoms with E-state index in [1.807, 2.05) is 43.3 Å². The lowest BCUT2D eigenvalue weighted by Crippen LogP contribution is -1.99. The molecule has 2 nitrogen and oxygen atoms in total. The predicted octanol–water partition coefficient (Wildman–Crippen LogP) is 4.16. The van der Waals surface area contributed by atoms with Crippen LogP contribution in [0.5, 0.6) is 0 Å². The van der Waals surface area contributed by atoms with Crippen molar-refractivity contribution >= 4 is 24.2 Å². The SMILES string of the molecule is C=NC(=O)c1c(C)cc(-c2ccccc2)cc1Cl. The van der Waals surface area contributed by atoms with Gasteiger partial charge in [0.15, 0.2) is 0 Å². The van der Waals surface area contributed by atoms with E-state index in [2.05, 4.69) is 11.7 Å². The van der Waals surface area contributed by atoms with Crippen LogP contribution >= 0.6 is 11.6 Å². The summed E-state index contributed by atoms with van der Waals surface area (Å²) in [5, 5.41) is 0.409. The van der Waals surface area contributed by atoms with E-state index in [0.717, 1.165) is 16.7 Å². The van der Waals surface area contributed by atoms with Crippen LogP contribution in [0.3, 0.4) is 0 Å². The van der Waals surface area contributed by atoms with Crippen LogP contribution in [-0.2, 0) is 0 Å². The number of carbonyl (C=O) groups is 1. The quantitative estimate of drug-likeness (QED) is 0.743. The Balaban J connectivity index is 2.56. The second-order valence-electron chi connectivity index (χ2n) is 3.98. The molecule has 0 spiro atoms. The third-order valence-electron chi connectivity index (χ3n) is 2.75. The molecule has 90 valence electrons. The van der Waals surface area contributed by atoms with Crippen molar-refractivity contribution < 1.29 is 4.79 Å². The largest absolute Gasteiger partial charge is 0.278 e. The Bertz CT molecular complexity index is 582. The van der Waals surface area contributed by atoms with Crippen molar-refractivity contribution in [1.82, 2.24) is 0 Å². The second kappa shape index (κ2) is 5.15. The lowest BCUT2D eigenvalue weighted by molar-refractivity contribution is 0.100. The Hall–Kier alpha value is -1.93. The Morgan fingerprint density at radius 1 is 1.17 bits per heavy atom. The van der Waals surface area contributed by atoms with Crippen molar-refractivity contribution in [1.29, 1.82) is 0 Å². The van der Waals surface area contributed by atoms with Gasteiger partial charge in [-0.05, 0) is 36.4 Å². The first kappa shape index (κ1) is 12.5. The monoisotopic (exact) mass is 257 g/mol. The number of nitrogens with zero attached hydrogens (tertiary/aromatic N) is 1. The first-order valence-corrected chi connectivity index (χ1v) is 5.88. The third-order valence-corrected chi connectivity index (χ3v) is 3.05. The summed E-state index contributed by atoms with van der Waals surface area (Å²) in [6.45, 7) is 5.09. The highest BCUT2D eigenvalue weighted by Gasteiger charge is 2.13. The molecule has 0 heterocycles. The molecule has 0 bridgehead atoms. The molecule has 0 radical (unpaired) electrons. The van der Waals surface area contributed by atoms with Crippen molar-refractivity contribution in [2.24, 2.45) is 4.99 Å². The van der Waals surface area contributed by atoms with E-state index in [-0.39, 0.29) is 0 Å². The lowest BCUT2D eigenvalue weighted by Gasteiger charge is -2.08. The molecular formula is C15H12ClNO. The van der Waals surface area contributed by atoms with Crippen LogP contribution in [0.1, 0.15) is 15.9 Å². The van der Waals surface area contributed by atoms with Crippen molar-refractivity contribution in [2.45, 2.75) is 6.92 Å². The average Bonchev–Trinajstić information content (AvgIpc) is 2.38. The molecule has 0 atom stereocenters. The highest BCUT2D eigenvalue weighted by Crippen LogP contribution is 2.28. The van der Waals surface area contributed by atoms with E-state index in [4.69, 9.17) is 11.6 Å². The molecule has 2 aromatic carbocycles. The molecular weight excluding hydrogens is 246 g/mol. The average molecular weight is 258 g/mol. The predicted molar refractivity (Wildman–Crippen MR) is 75.5 cm³/mol. The number of rotatable bonds is 2. The first-order chi connectivity index (χ1) is 8.63. The fourth-order valence-electron chi connectivity index (χ4n) is 1.89. The van der Waals surface area contributed by atoms with Crippen LogP contribution in [0.15, 0.2) is 47.5 Å². The Morgan fingerprint density at radius 2 is 1.83 bits per heavy atom. The number of hydrogen-bond donors (Lipinski definition) is 0. The second-order valence-corrected chi connectivity index (χ2v) is 4.39. The minimum Gasteiger partial charge on any atom is -0.267 e. The van der Waals surface area contributed by atoms with Crippen molar-refractivity contribution in [3.8, 4) is 11.1 Å². The van der Waals surface area contributed by atoms with Crippen molar-refractivity contribution in [3.05, 3.63) is 58.6 Å². The van der Waals surface area contributed by atoms with Crippen LogP contribution < -0.4 is 0 Å². The fraction of sp³-hybridized carbons (Fsp3) is 0.0667. The van der Waals surface area contributed by atoms with Gasteiger partial charge >= 0.3 is 0 Å². The Labute approximate surface area is 111 Å². The maximum absolute atomic E-state index is 11.6. The van der Waals surface area contributed by atoms with Crippen LogP contribution in [0.2, 0.25) is 5.02 Å². The number of aliphatic imine (C=N–C) groups is 1. The highest BCUT2D eigenvalue weighted by molar-refractivity contribution is 6.34. The van der Waals surface area contributed by atoms with Gasteiger partial charge in [0.05, 0.1) is 10.6 Å². The number of benzene rings is 2. The highest BCUT2D eigenvalue weighted by atomic mass is 35.5. The molecule has 18 heavy (non-hydrogen) atoms. The molecule has 0 aromatic heterocycles. The normalized spacial score (nSPS) is 10.1. The van der Waals surface area contributed by atoms with E-state index >= 15 is 0 Å². The van der Waals surface area contributed by atoms with Gasteiger partial charge in [-0.3, -0.25) is 4.79 Å². The molecule has 2 aromatic rings. The molecule has 0 aliphatic carbocycles. The summed E-state index contributed by atoms with van der Waals surface area (Å²) < 4.78 is 0. The maximum atomic E-state index is 11.6. The van der Waals surface area contributed by atoms with Gasteiger partial charge in [-0.2, -0.15) is 0 Å². The zero-order chi connectivity index (χ0) is 13.1. The van der Waals surface area contributed by atoms with Crippen LogP contribution in [0.4, 0.5) is 0 Å². The van der Waals surface area contributed by atoms with Crippen LogP contribution in [0.25, 0.3) is 11.1 Å². The Morgan fingerprint density at radius 3 is 2.39 bits per heavy atom. The minimum atomic E-state index is -0.392. The van der Waals surface area contributed by atoms with Crippen molar-refractivity contribution in [3.63, 3.8) is 0 Å². The van der Waals surface area contributed by atoms with E-state index in [1.54, 1.807) is 6.07 Å². The van der Waals surface area contributed by atoms with Gasteiger partial charge in [0, 0.05) is 0 Å². The van der Waals surface area contributed by atoms with Gasteiger partial charge in [0.2, 0.25) is 0 Å². The first-order valence-electron chi connectivity index (χ1n) is 5.50.